The maximum Gasteiger partial charge on any atom is 0.254 e. The predicted molar refractivity (Wildman–Crippen MR) is 125 cm³/mol. The summed E-state index contributed by atoms with van der Waals surface area (Å²) >= 11 is 0. The number of likely N-dealkylation sites (tertiary alicyclic amines) is 1. The first-order valence-electron chi connectivity index (χ1n) is 10.7. The van der Waals surface area contributed by atoms with Crippen LogP contribution >= 0.6 is 0 Å². The van der Waals surface area contributed by atoms with Crippen molar-refractivity contribution >= 4 is 23.4 Å². The number of benzene rings is 2. The zero-order valence-electron chi connectivity index (χ0n) is 18.1. The number of rotatable bonds is 8. The van der Waals surface area contributed by atoms with Crippen LogP contribution in [0.2, 0.25) is 0 Å². The third kappa shape index (κ3) is 5.73. The van der Waals surface area contributed by atoms with Crippen molar-refractivity contribution in [1.82, 2.24) is 14.9 Å². The van der Waals surface area contributed by atoms with E-state index in [-0.39, 0.29) is 11.7 Å². The molecule has 32 heavy (non-hydrogen) atoms. The molecular weight excluding hydrogens is 404 g/mol. The Morgan fingerprint density at radius 1 is 1.12 bits per heavy atom. The molecule has 1 saturated heterocycles. The van der Waals surface area contributed by atoms with Crippen LogP contribution in [0.3, 0.4) is 0 Å². The lowest BCUT2D eigenvalue weighted by Crippen LogP contribution is -2.35. The van der Waals surface area contributed by atoms with Crippen LogP contribution in [0.5, 0.6) is 5.75 Å². The molecule has 4 rings (SSSR count). The predicted octanol–water partition coefficient (Wildman–Crippen LogP) is 3.40. The molecule has 0 saturated carbocycles. The van der Waals surface area contributed by atoms with Gasteiger partial charge in [0.15, 0.2) is 0 Å². The molecule has 3 aromatic rings. The van der Waals surface area contributed by atoms with Crippen molar-refractivity contribution in [2.75, 3.05) is 30.8 Å². The number of primary amides is 1. The third-order valence-electron chi connectivity index (χ3n) is 5.44. The number of aromatic nitrogens is 2. The van der Waals surface area contributed by atoms with Gasteiger partial charge in [0, 0.05) is 31.5 Å². The number of nitrogens with one attached hydrogen (secondary N) is 2. The summed E-state index contributed by atoms with van der Waals surface area (Å²) in [6, 6.07) is 17.6. The lowest BCUT2D eigenvalue weighted by Gasteiger charge is -2.29. The van der Waals surface area contributed by atoms with Crippen molar-refractivity contribution in [1.29, 1.82) is 0 Å². The Labute approximate surface area is 187 Å². The molecule has 0 atom stereocenters. The standard InChI is InChI=1S/C24H28N6O2/c1-30-13-11-20(12-14-30)32-19-9-7-18(8-10-19)28-24-27-16-21(22(25)31)23(29-24)26-15-17-5-3-2-4-6-17/h2-10,16,20H,11-15H2,1H3,(H2,25,31)(H2,26,27,28,29). The molecule has 8 heteroatoms. The fraction of sp³-hybridized carbons (Fsp3) is 0.292. The maximum absolute atomic E-state index is 11.8. The van der Waals surface area contributed by atoms with Gasteiger partial charge in [0.1, 0.15) is 17.7 Å². The first-order chi connectivity index (χ1) is 15.6. The lowest BCUT2D eigenvalue weighted by atomic mass is 10.1. The van der Waals surface area contributed by atoms with E-state index in [2.05, 4.69) is 32.5 Å². The summed E-state index contributed by atoms with van der Waals surface area (Å²) in [5.41, 5.74) is 7.62. The number of nitrogens with zero attached hydrogens (tertiary/aromatic N) is 3. The van der Waals surface area contributed by atoms with Gasteiger partial charge in [0.25, 0.3) is 5.91 Å². The van der Waals surface area contributed by atoms with Gasteiger partial charge in [-0.3, -0.25) is 4.79 Å². The van der Waals surface area contributed by atoms with Crippen LogP contribution in [-0.2, 0) is 6.54 Å². The molecule has 1 amide bonds. The number of anilines is 3. The molecule has 1 aromatic heterocycles. The van der Waals surface area contributed by atoms with Gasteiger partial charge in [-0.1, -0.05) is 30.3 Å². The smallest absolute Gasteiger partial charge is 0.254 e. The summed E-state index contributed by atoms with van der Waals surface area (Å²) in [7, 11) is 2.14. The van der Waals surface area contributed by atoms with Crippen molar-refractivity contribution in [3.8, 4) is 5.75 Å². The first-order valence-corrected chi connectivity index (χ1v) is 10.7. The molecule has 1 fully saturated rings. The largest absolute Gasteiger partial charge is 0.490 e. The normalized spacial score (nSPS) is 14.7. The van der Waals surface area contributed by atoms with Gasteiger partial charge in [0.05, 0.1) is 5.56 Å². The first kappa shape index (κ1) is 21.6. The Bertz CT molecular complexity index is 1030. The molecule has 0 unspecified atom stereocenters. The van der Waals surface area contributed by atoms with E-state index in [4.69, 9.17) is 10.5 Å². The van der Waals surface area contributed by atoms with E-state index in [1.165, 1.54) is 6.20 Å². The minimum atomic E-state index is -0.581. The van der Waals surface area contributed by atoms with Crippen molar-refractivity contribution in [3.63, 3.8) is 0 Å². The van der Waals surface area contributed by atoms with Crippen LogP contribution in [0, 0.1) is 0 Å². The second kappa shape index (κ2) is 10.1. The number of hydrogen-bond acceptors (Lipinski definition) is 7. The fourth-order valence-electron chi connectivity index (χ4n) is 3.58. The van der Waals surface area contributed by atoms with Gasteiger partial charge in [-0.05, 0) is 49.7 Å². The Hall–Kier alpha value is -3.65. The summed E-state index contributed by atoms with van der Waals surface area (Å²) < 4.78 is 6.10. The molecular formula is C24H28N6O2. The zero-order valence-corrected chi connectivity index (χ0v) is 18.1. The van der Waals surface area contributed by atoms with Crippen molar-refractivity contribution in [2.24, 2.45) is 5.73 Å². The Kier molecular flexibility index (Phi) is 6.81. The van der Waals surface area contributed by atoms with E-state index in [0.717, 1.165) is 42.9 Å². The summed E-state index contributed by atoms with van der Waals surface area (Å²) in [6.45, 7) is 2.63. The second-order valence-corrected chi connectivity index (χ2v) is 7.93. The molecule has 2 heterocycles. The van der Waals surface area contributed by atoms with E-state index >= 15 is 0 Å². The highest BCUT2D eigenvalue weighted by atomic mass is 16.5. The van der Waals surface area contributed by atoms with E-state index in [9.17, 15) is 4.79 Å². The van der Waals surface area contributed by atoms with Gasteiger partial charge in [-0.25, -0.2) is 4.98 Å². The van der Waals surface area contributed by atoms with E-state index in [1.54, 1.807) is 0 Å². The molecule has 0 aliphatic carbocycles. The Morgan fingerprint density at radius 2 is 1.84 bits per heavy atom. The number of carbonyl (C=O) groups excluding carboxylic acids is 1. The lowest BCUT2D eigenvalue weighted by molar-refractivity contribution is 0.100. The molecule has 0 radical (unpaired) electrons. The number of amides is 1. The average Bonchev–Trinajstić information content (AvgIpc) is 2.81. The summed E-state index contributed by atoms with van der Waals surface area (Å²) in [6.07, 6.45) is 3.76. The van der Waals surface area contributed by atoms with Crippen LogP contribution in [0.1, 0.15) is 28.8 Å². The molecule has 166 valence electrons. The van der Waals surface area contributed by atoms with Gasteiger partial charge in [-0.15, -0.1) is 0 Å². The van der Waals surface area contributed by atoms with Crippen molar-refractivity contribution < 1.29 is 9.53 Å². The number of carbonyl (C=O) groups is 1. The van der Waals surface area contributed by atoms with Crippen LogP contribution in [-0.4, -0.2) is 47.0 Å². The van der Waals surface area contributed by atoms with E-state index in [1.807, 2.05) is 54.6 Å². The molecule has 0 spiro atoms. The molecule has 2 aromatic carbocycles. The highest BCUT2D eigenvalue weighted by Gasteiger charge is 2.18. The molecule has 4 N–H and O–H groups in total. The number of piperidine rings is 1. The van der Waals surface area contributed by atoms with E-state index in [0.29, 0.717) is 18.3 Å². The number of hydrogen-bond donors (Lipinski definition) is 3. The zero-order chi connectivity index (χ0) is 22.3. The summed E-state index contributed by atoms with van der Waals surface area (Å²) in [4.78, 5) is 22.8. The topological polar surface area (TPSA) is 105 Å². The molecule has 0 bridgehead atoms. The second-order valence-electron chi connectivity index (χ2n) is 7.93. The summed E-state index contributed by atoms with van der Waals surface area (Å²) in [5.74, 6) is 1.03. The summed E-state index contributed by atoms with van der Waals surface area (Å²) in [5, 5.41) is 6.35. The Balaban J connectivity index is 1.41. The third-order valence-corrected chi connectivity index (χ3v) is 5.44. The van der Waals surface area contributed by atoms with Crippen LogP contribution < -0.4 is 21.1 Å². The van der Waals surface area contributed by atoms with Crippen molar-refractivity contribution in [2.45, 2.75) is 25.5 Å². The SMILES string of the molecule is CN1CCC(Oc2ccc(Nc3ncc(C(N)=O)c(NCc4ccccc4)n3)cc2)CC1. The average molecular weight is 433 g/mol. The van der Waals surface area contributed by atoms with Crippen LogP contribution in [0.15, 0.2) is 60.8 Å². The van der Waals surface area contributed by atoms with Gasteiger partial charge >= 0.3 is 0 Å². The van der Waals surface area contributed by atoms with Crippen molar-refractivity contribution in [3.05, 3.63) is 71.9 Å². The number of ether oxygens (including phenoxy) is 1. The molecule has 8 nitrogen and oxygen atoms in total. The highest BCUT2D eigenvalue weighted by molar-refractivity contribution is 5.97. The minimum Gasteiger partial charge on any atom is -0.490 e. The van der Waals surface area contributed by atoms with Crippen LogP contribution in [0.25, 0.3) is 0 Å². The Morgan fingerprint density at radius 3 is 2.53 bits per heavy atom. The number of nitrogens with two attached hydrogens (primary N) is 1. The molecule has 1 aliphatic rings. The van der Waals surface area contributed by atoms with Crippen LogP contribution in [0.4, 0.5) is 17.5 Å². The van der Waals surface area contributed by atoms with E-state index < -0.39 is 5.91 Å². The highest BCUT2D eigenvalue weighted by Crippen LogP contribution is 2.23. The van der Waals surface area contributed by atoms with Gasteiger partial charge in [-0.2, -0.15) is 4.98 Å². The maximum atomic E-state index is 11.8. The van der Waals surface area contributed by atoms with Gasteiger partial charge < -0.3 is 26.0 Å². The monoisotopic (exact) mass is 432 g/mol. The quantitative estimate of drug-likeness (QED) is 0.501. The minimum absolute atomic E-state index is 0.244. The fourth-order valence-corrected chi connectivity index (χ4v) is 3.58. The van der Waals surface area contributed by atoms with Gasteiger partial charge in [0.2, 0.25) is 5.95 Å². The molecule has 1 aliphatic heterocycles.